The molecule has 0 aliphatic heterocycles. The summed E-state index contributed by atoms with van der Waals surface area (Å²) in [4.78, 5) is 11.8. The number of hydrogen-bond donors (Lipinski definition) is 3. The summed E-state index contributed by atoms with van der Waals surface area (Å²) in [6.07, 6.45) is 0.191. The van der Waals surface area contributed by atoms with Gasteiger partial charge in [0.05, 0.1) is 4.90 Å². The lowest BCUT2D eigenvalue weighted by Crippen LogP contribution is -2.40. The van der Waals surface area contributed by atoms with Gasteiger partial charge >= 0.3 is 0 Å². The van der Waals surface area contributed by atoms with E-state index in [-0.39, 0.29) is 36.2 Å². The Morgan fingerprint density at radius 3 is 2.36 bits per heavy atom. The van der Waals surface area contributed by atoms with Crippen LogP contribution in [-0.2, 0) is 14.8 Å². The van der Waals surface area contributed by atoms with E-state index in [1.165, 1.54) is 6.07 Å². The van der Waals surface area contributed by atoms with Crippen molar-refractivity contribution in [3.05, 3.63) is 23.8 Å². The third-order valence-electron chi connectivity index (χ3n) is 2.66. The van der Waals surface area contributed by atoms with Crippen molar-refractivity contribution in [1.82, 2.24) is 4.72 Å². The Balaban J connectivity index is 0.00000441. The summed E-state index contributed by atoms with van der Waals surface area (Å²) in [7, 11) is -3.65. The standard InChI is InChI=1S/C14H23N3O3S.ClH/c1-10-11(16-13(18)8-9-15)6-5-7-12(10)21(19,20)17-14(2,3)4;/h5-7,17H,8-9,15H2,1-4H3,(H,16,18);1H. The van der Waals surface area contributed by atoms with Crippen LogP contribution in [0.2, 0.25) is 0 Å². The number of amides is 1. The monoisotopic (exact) mass is 349 g/mol. The molecule has 1 aromatic rings. The van der Waals surface area contributed by atoms with Gasteiger partial charge in [0.2, 0.25) is 15.9 Å². The normalized spacial score (nSPS) is 11.7. The molecule has 8 heteroatoms. The molecule has 1 rings (SSSR count). The third-order valence-corrected chi connectivity index (χ3v) is 4.56. The van der Waals surface area contributed by atoms with Crippen LogP contribution < -0.4 is 15.8 Å². The van der Waals surface area contributed by atoms with Crippen LogP contribution in [0.4, 0.5) is 5.69 Å². The molecule has 1 amide bonds. The highest BCUT2D eigenvalue weighted by Crippen LogP contribution is 2.24. The molecule has 0 radical (unpaired) electrons. The first kappa shape index (κ1) is 20.9. The molecule has 0 spiro atoms. The second-order valence-electron chi connectivity index (χ2n) is 5.87. The van der Waals surface area contributed by atoms with Crippen LogP contribution >= 0.6 is 12.4 Å². The molecule has 1 aromatic carbocycles. The number of anilines is 1. The van der Waals surface area contributed by atoms with Gasteiger partial charge in [-0.05, 0) is 45.4 Å². The number of halogens is 1. The van der Waals surface area contributed by atoms with E-state index < -0.39 is 15.6 Å². The predicted molar refractivity (Wildman–Crippen MR) is 90.8 cm³/mol. The summed E-state index contributed by atoms with van der Waals surface area (Å²) in [5.74, 6) is -0.237. The quantitative estimate of drug-likeness (QED) is 0.754. The summed E-state index contributed by atoms with van der Waals surface area (Å²) in [6.45, 7) is 7.22. The fraction of sp³-hybridized carbons (Fsp3) is 0.500. The fourth-order valence-electron chi connectivity index (χ4n) is 1.84. The minimum Gasteiger partial charge on any atom is -0.330 e. The SMILES string of the molecule is Cc1c(NC(=O)CCN)cccc1S(=O)(=O)NC(C)(C)C.Cl. The lowest BCUT2D eigenvalue weighted by atomic mass is 10.1. The average Bonchev–Trinajstić information content (AvgIpc) is 2.28. The fourth-order valence-corrected chi connectivity index (χ4v) is 3.53. The molecule has 0 fully saturated rings. The van der Waals surface area contributed by atoms with Crippen molar-refractivity contribution in [3.8, 4) is 0 Å². The first-order valence-corrected chi connectivity index (χ1v) is 8.18. The molecule has 0 atom stereocenters. The topological polar surface area (TPSA) is 101 Å². The number of benzene rings is 1. The van der Waals surface area contributed by atoms with E-state index in [0.717, 1.165) is 0 Å². The molecule has 0 unspecified atom stereocenters. The molecule has 0 bridgehead atoms. The van der Waals surface area contributed by atoms with Gasteiger partial charge in [-0.3, -0.25) is 4.79 Å². The average molecular weight is 350 g/mol. The van der Waals surface area contributed by atoms with Gasteiger partial charge in [-0.15, -0.1) is 12.4 Å². The van der Waals surface area contributed by atoms with E-state index in [1.807, 2.05) is 0 Å². The lowest BCUT2D eigenvalue weighted by Gasteiger charge is -2.21. The summed E-state index contributed by atoms with van der Waals surface area (Å²) in [6, 6.07) is 4.78. The molecule has 22 heavy (non-hydrogen) atoms. The van der Waals surface area contributed by atoms with Gasteiger partial charge in [-0.1, -0.05) is 6.07 Å². The van der Waals surface area contributed by atoms with Crippen LogP contribution in [-0.4, -0.2) is 26.4 Å². The molecule has 0 saturated heterocycles. The Labute approximate surface area is 138 Å². The van der Waals surface area contributed by atoms with E-state index in [9.17, 15) is 13.2 Å². The number of nitrogens with one attached hydrogen (secondary N) is 2. The summed E-state index contributed by atoms with van der Waals surface area (Å²) in [5, 5.41) is 2.68. The number of sulfonamides is 1. The highest BCUT2D eigenvalue weighted by molar-refractivity contribution is 7.89. The number of nitrogens with two attached hydrogens (primary N) is 1. The van der Waals surface area contributed by atoms with E-state index in [0.29, 0.717) is 11.3 Å². The molecular formula is C14H24ClN3O3S. The molecular weight excluding hydrogens is 326 g/mol. The van der Waals surface area contributed by atoms with Crippen molar-refractivity contribution in [1.29, 1.82) is 0 Å². The van der Waals surface area contributed by atoms with Crippen LogP contribution in [0, 0.1) is 6.92 Å². The van der Waals surface area contributed by atoms with Crippen LogP contribution in [0.15, 0.2) is 23.1 Å². The molecule has 126 valence electrons. The third kappa shape index (κ3) is 5.92. The lowest BCUT2D eigenvalue weighted by molar-refractivity contribution is -0.116. The first-order valence-electron chi connectivity index (χ1n) is 6.70. The van der Waals surface area contributed by atoms with E-state index in [2.05, 4.69) is 10.0 Å². The zero-order chi connectivity index (χ0) is 16.3. The minimum atomic E-state index is -3.65. The van der Waals surface area contributed by atoms with Gasteiger partial charge in [0.15, 0.2) is 0 Å². The molecule has 0 aliphatic carbocycles. The Morgan fingerprint density at radius 2 is 1.86 bits per heavy atom. The summed E-state index contributed by atoms with van der Waals surface area (Å²) in [5.41, 5.74) is 5.72. The maximum atomic E-state index is 12.4. The molecule has 0 heterocycles. The van der Waals surface area contributed by atoms with E-state index in [1.54, 1.807) is 39.8 Å². The zero-order valence-corrected chi connectivity index (χ0v) is 14.9. The number of carbonyl (C=O) groups is 1. The van der Waals surface area contributed by atoms with Crippen molar-refractivity contribution in [2.45, 2.75) is 44.6 Å². The van der Waals surface area contributed by atoms with Gasteiger partial charge in [0, 0.05) is 24.2 Å². The molecule has 0 aromatic heterocycles. The molecule has 0 saturated carbocycles. The van der Waals surface area contributed by atoms with Crippen molar-refractivity contribution in [3.63, 3.8) is 0 Å². The predicted octanol–water partition coefficient (Wildman–Crippen LogP) is 1.78. The minimum absolute atomic E-state index is 0. The highest BCUT2D eigenvalue weighted by atomic mass is 35.5. The molecule has 6 nitrogen and oxygen atoms in total. The van der Waals surface area contributed by atoms with Crippen molar-refractivity contribution in [2.75, 3.05) is 11.9 Å². The van der Waals surface area contributed by atoms with Crippen molar-refractivity contribution in [2.24, 2.45) is 5.73 Å². The van der Waals surface area contributed by atoms with Crippen molar-refractivity contribution < 1.29 is 13.2 Å². The second-order valence-corrected chi connectivity index (χ2v) is 7.52. The van der Waals surface area contributed by atoms with E-state index >= 15 is 0 Å². The zero-order valence-electron chi connectivity index (χ0n) is 13.3. The Bertz CT molecular complexity index is 625. The van der Waals surface area contributed by atoms with Gasteiger partial charge in [0.1, 0.15) is 0 Å². The highest BCUT2D eigenvalue weighted by Gasteiger charge is 2.24. The Hall–Kier alpha value is -1.15. The van der Waals surface area contributed by atoms with Gasteiger partial charge < -0.3 is 11.1 Å². The first-order chi connectivity index (χ1) is 9.57. The largest absolute Gasteiger partial charge is 0.330 e. The molecule has 0 aliphatic rings. The van der Waals surface area contributed by atoms with Gasteiger partial charge in [0.25, 0.3) is 0 Å². The smallest absolute Gasteiger partial charge is 0.241 e. The Kier molecular flexibility index (Phi) is 7.50. The van der Waals surface area contributed by atoms with Crippen LogP contribution in [0.5, 0.6) is 0 Å². The summed E-state index contributed by atoms with van der Waals surface area (Å²) >= 11 is 0. The summed E-state index contributed by atoms with van der Waals surface area (Å²) < 4.78 is 27.4. The van der Waals surface area contributed by atoms with Crippen LogP contribution in [0.25, 0.3) is 0 Å². The van der Waals surface area contributed by atoms with Gasteiger partial charge in [-0.2, -0.15) is 0 Å². The van der Waals surface area contributed by atoms with Crippen molar-refractivity contribution >= 4 is 34.0 Å². The number of carbonyl (C=O) groups excluding carboxylic acids is 1. The number of rotatable bonds is 5. The van der Waals surface area contributed by atoms with Crippen LogP contribution in [0.3, 0.4) is 0 Å². The maximum Gasteiger partial charge on any atom is 0.241 e. The molecule has 4 N–H and O–H groups in total. The van der Waals surface area contributed by atoms with Crippen LogP contribution in [0.1, 0.15) is 32.8 Å². The maximum absolute atomic E-state index is 12.4. The Morgan fingerprint density at radius 1 is 1.27 bits per heavy atom. The second kappa shape index (κ2) is 7.92. The van der Waals surface area contributed by atoms with Gasteiger partial charge in [-0.25, -0.2) is 13.1 Å². The van der Waals surface area contributed by atoms with E-state index in [4.69, 9.17) is 5.73 Å². The number of hydrogen-bond acceptors (Lipinski definition) is 4.